The van der Waals surface area contributed by atoms with E-state index in [0.717, 1.165) is 24.0 Å². The Balaban J connectivity index is 2.27. The van der Waals surface area contributed by atoms with Crippen LogP contribution in [0.1, 0.15) is 77.8 Å². The van der Waals surface area contributed by atoms with Gasteiger partial charge in [-0.3, -0.25) is 9.59 Å². The van der Waals surface area contributed by atoms with E-state index in [4.69, 9.17) is 6.42 Å². The number of aliphatic hydroxyl groups is 2. The summed E-state index contributed by atoms with van der Waals surface area (Å²) in [7, 11) is 0. The van der Waals surface area contributed by atoms with Gasteiger partial charge in [0.1, 0.15) is 6.10 Å². The van der Waals surface area contributed by atoms with Crippen LogP contribution in [0.4, 0.5) is 0 Å². The van der Waals surface area contributed by atoms with Gasteiger partial charge in [0, 0.05) is 30.6 Å². The number of terminal acetylenes is 1. The summed E-state index contributed by atoms with van der Waals surface area (Å²) in [5.41, 5.74) is 2.54. The number of amides is 2. The topological polar surface area (TPSA) is 89.9 Å². The molecule has 194 valence electrons. The summed E-state index contributed by atoms with van der Waals surface area (Å²) in [4.78, 5) is 28.3. The van der Waals surface area contributed by atoms with Crippen molar-refractivity contribution >= 4 is 11.8 Å². The molecule has 2 rings (SSSR count). The average molecular weight is 493 g/mol. The van der Waals surface area contributed by atoms with E-state index in [-0.39, 0.29) is 5.91 Å². The van der Waals surface area contributed by atoms with Crippen LogP contribution in [0.5, 0.6) is 0 Å². The SMILES string of the molecule is C#CCCCC(O)C(O)C(Cc1ccccc1)NC(=O)c1cc(C)cc(C(=O)N(CCC)CCC)c1. The van der Waals surface area contributed by atoms with E-state index in [9.17, 15) is 19.8 Å². The fourth-order valence-electron chi connectivity index (χ4n) is 4.30. The molecule has 0 aliphatic carbocycles. The van der Waals surface area contributed by atoms with E-state index < -0.39 is 24.2 Å². The quantitative estimate of drug-likeness (QED) is 0.273. The fraction of sp³-hybridized carbons (Fsp3) is 0.467. The first-order chi connectivity index (χ1) is 17.3. The van der Waals surface area contributed by atoms with Crippen molar-refractivity contribution in [3.63, 3.8) is 0 Å². The molecule has 0 spiro atoms. The van der Waals surface area contributed by atoms with Crippen molar-refractivity contribution in [3.05, 3.63) is 70.8 Å². The van der Waals surface area contributed by atoms with E-state index >= 15 is 0 Å². The van der Waals surface area contributed by atoms with Crippen molar-refractivity contribution in [2.45, 2.75) is 77.5 Å². The number of nitrogens with zero attached hydrogens (tertiary/aromatic N) is 1. The third-order valence-electron chi connectivity index (χ3n) is 6.10. The molecule has 0 fully saturated rings. The predicted molar refractivity (Wildman–Crippen MR) is 144 cm³/mol. The highest BCUT2D eigenvalue weighted by molar-refractivity contribution is 6.00. The first-order valence-corrected chi connectivity index (χ1v) is 12.9. The maximum Gasteiger partial charge on any atom is 0.253 e. The Kier molecular flexibility index (Phi) is 12.2. The lowest BCUT2D eigenvalue weighted by Crippen LogP contribution is -2.49. The summed E-state index contributed by atoms with van der Waals surface area (Å²) in [6.07, 6.45) is 6.57. The maximum atomic E-state index is 13.3. The number of unbranched alkanes of at least 4 members (excludes halogenated alkanes) is 1. The van der Waals surface area contributed by atoms with Crippen LogP contribution in [0.3, 0.4) is 0 Å². The minimum atomic E-state index is -1.18. The predicted octanol–water partition coefficient (Wildman–Crippen LogP) is 4.12. The molecule has 6 nitrogen and oxygen atoms in total. The Labute approximate surface area is 215 Å². The summed E-state index contributed by atoms with van der Waals surface area (Å²) >= 11 is 0. The highest BCUT2D eigenvalue weighted by atomic mass is 16.3. The first-order valence-electron chi connectivity index (χ1n) is 12.9. The number of hydrogen-bond acceptors (Lipinski definition) is 4. The standard InChI is InChI=1S/C30H40N2O4/c1-5-8-10-15-27(33)28(34)26(20-23-13-11-9-12-14-23)31-29(35)24-18-22(4)19-25(21-24)30(36)32(16-6-2)17-7-3/h1,9,11-14,18-19,21,26-28,33-34H,6-8,10,15-17,20H2,2-4H3,(H,31,35). The van der Waals surface area contributed by atoms with Crippen LogP contribution in [0.2, 0.25) is 0 Å². The second kappa shape index (κ2) is 15.1. The fourth-order valence-corrected chi connectivity index (χ4v) is 4.30. The van der Waals surface area contributed by atoms with E-state index in [1.807, 2.05) is 56.0 Å². The van der Waals surface area contributed by atoms with Crippen LogP contribution in [0.15, 0.2) is 48.5 Å². The van der Waals surface area contributed by atoms with Crippen molar-refractivity contribution in [3.8, 4) is 12.3 Å². The molecule has 2 amide bonds. The Morgan fingerprint density at radius 1 is 1.03 bits per heavy atom. The number of nitrogens with one attached hydrogen (secondary N) is 1. The summed E-state index contributed by atoms with van der Waals surface area (Å²) < 4.78 is 0. The Hall–Kier alpha value is -3.14. The van der Waals surface area contributed by atoms with Crippen molar-refractivity contribution in [1.82, 2.24) is 10.2 Å². The molecule has 2 aromatic carbocycles. The molecule has 0 saturated heterocycles. The van der Waals surface area contributed by atoms with Crippen LogP contribution >= 0.6 is 0 Å². The zero-order valence-corrected chi connectivity index (χ0v) is 21.7. The molecule has 2 aromatic rings. The number of aliphatic hydroxyl groups excluding tert-OH is 2. The molecular weight excluding hydrogens is 452 g/mol. The zero-order chi connectivity index (χ0) is 26.5. The van der Waals surface area contributed by atoms with Gasteiger partial charge in [0.05, 0.1) is 12.1 Å². The number of benzene rings is 2. The number of carbonyl (C=O) groups excluding carboxylic acids is 2. The normalized spacial score (nSPS) is 13.3. The molecule has 3 N–H and O–H groups in total. The van der Waals surface area contributed by atoms with Gasteiger partial charge in [0.15, 0.2) is 0 Å². The lowest BCUT2D eigenvalue weighted by Gasteiger charge is -2.28. The molecule has 0 aliphatic rings. The van der Waals surface area contributed by atoms with Crippen LogP contribution in [0.25, 0.3) is 0 Å². The minimum Gasteiger partial charge on any atom is -0.390 e. The third kappa shape index (κ3) is 8.82. The van der Waals surface area contributed by atoms with Crippen LogP contribution in [0, 0.1) is 19.3 Å². The monoisotopic (exact) mass is 492 g/mol. The van der Waals surface area contributed by atoms with Gasteiger partial charge in [-0.15, -0.1) is 12.3 Å². The second-order valence-electron chi connectivity index (χ2n) is 9.30. The molecule has 3 unspecified atom stereocenters. The molecule has 36 heavy (non-hydrogen) atoms. The number of rotatable bonds is 14. The van der Waals surface area contributed by atoms with Crippen molar-refractivity contribution in [2.75, 3.05) is 13.1 Å². The summed E-state index contributed by atoms with van der Waals surface area (Å²) in [6, 6.07) is 13.9. The van der Waals surface area contributed by atoms with E-state index in [0.29, 0.717) is 49.9 Å². The summed E-state index contributed by atoms with van der Waals surface area (Å²) in [6.45, 7) is 7.23. The van der Waals surface area contributed by atoms with Gasteiger partial charge in [-0.1, -0.05) is 44.2 Å². The van der Waals surface area contributed by atoms with Crippen molar-refractivity contribution < 1.29 is 19.8 Å². The minimum absolute atomic E-state index is 0.0961. The molecule has 0 heterocycles. The van der Waals surface area contributed by atoms with Crippen LogP contribution < -0.4 is 5.32 Å². The van der Waals surface area contributed by atoms with Gasteiger partial charge in [0.2, 0.25) is 0 Å². The third-order valence-corrected chi connectivity index (χ3v) is 6.10. The van der Waals surface area contributed by atoms with Gasteiger partial charge in [0.25, 0.3) is 11.8 Å². The first kappa shape index (κ1) is 29.1. The highest BCUT2D eigenvalue weighted by Crippen LogP contribution is 2.17. The van der Waals surface area contributed by atoms with Crippen molar-refractivity contribution in [1.29, 1.82) is 0 Å². The molecule has 0 radical (unpaired) electrons. The van der Waals surface area contributed by atoms with E-state index in [1.165, 1.54) is 0 Å². The number of hydrogen-bond donors (Lipinski definition) is 3. The summed E-state index contributed by atoms with van der Waals surface area (Å²) in [5, 5.41) is 24.4. The lowest BCUT2D eigenvalue weighted by atomic mass is 9.94. The van der Waals surface area contributed by atoms with Gasteiger partial charge in [-0.05, 0) is 68.4 Å². The average Bonchev–Trinajstić information content (AvgIpc) is 2.87. The molecule has 0 aromatic heterocycles. The van der Waals surface area contributed by atoms with Crippen LogP contribution in [-0.4, -0.2) is 58.3 Å². The van der Waals surface area contributed by atoms with Gasteiger partial charge < -0.3 is 20.4 Å². The van der Waals surface area contributed by atoms with E-state index in [2.05, 4.69) is 11.2 Å². The molecule has 0 saturated carbocycles. The largest absolute Gasteiger partial charge is 0.390 e. The van der Waals surface area contributed by atoms with Gasteiger partial charge in [-0.2, -0.15) is 0 Å². The number of aryl methyl sites for hydroxylation is 1. The van der Waals surface area contributed by atoms with E-state index in [1.54, 1.807) is 18.2 Å². The molecular formula is C30H40N2O4. The molecule has 0 aliphatic heterocycles. The Morgan fingerprint density at radius 2 is 1.67 bits per heavy atom. The second-order valence-corrected chi connectivity index (χ2v) is 9.30. The van der Waals surface area contributed by atoms with Crippen molar-refractivity contribution in [2.24, 2.45) is 0 Å². The van der Waals surface area contributed by atoms with Gasteiger partial charge in [-0.25, -0.2) is 0 Å². The highest BCUT2D eigenvalue weighted by Gasteiger charge is 2.28. The van der Waals surface area contributed by atoms with Crippen LogP contribution in [-0.2, 0) is 6.42 Å². The summed E-state index contributed by atoms with van der Waals surface area (Å²) in [5.74, 6) is 2.04. The smallest absolute Gasteiger partial charge is 0.253 e. The Bertz CT molecular complexity index is 1010. The lowest BCUT2D eigenvalue weighted by molar-refractivity contribution is -0.00787. The Morgan fingerprint density at radius 3 is 2.28 bits per heavy atom. The maximum absolute atomic E-state index is 13.3. The molecule has 6 heteroatoms. The van der Waals surface area contributed by atoms with Gasteiger partial charge >= 0.3 is 0 Å². The number of carbonyl (C=O) groups is 2. The molecule has 3 atom stereocenters. The zero-order valence-electron chi connectivity index (χ0n) is 21.7. The molecule has 0 bridgehead atoms.